The molecule has 30 heavy (non-hydrogen) atoms. The Hall–Kier alpha value is -2.84. The molecule has 1 amide bonds. The van der Waals surface area contributed by atoms with Crippen molar-refractivity contribution in [2.45, 2.75) is 13.0 Å². The highest BCUT2D eigenvalue weighted by molar-refractivity contribution is 8.26. The highest BCUT2D eigenvalue weighted by atomic mass is 32.2. The molecule has 0 bridgehead atoms. The van der Waals surface area contributed by atoms with Crippen molar-refractivity contribution in [1.29, 1.82) is 0 Å². The van der Waals surface area contributed by atoms with Gasteiger partial charge in [0, 0.05) is 5.56 Å². The van der Waals surface area contributed by atoms with E-state index in [2.05, 4.69) is 0 Å². The lowest BCUT2D eigenvalue weighted by atomic mass is 10.1. The molecule has 1 aliphatic rings. The van der Waals surface area contributed by atoms with Crippen molar-refractivity contribution >= 4 is 46.3 Å². The van der Waals surface area contributed by atoms with Gasteiger partial charge in [0.25, 0.3) is 5.91 Å². The van der Waals surface area contributed by atoms with Gasteiger partial charge in [0.15, 0.2) is 6.04 Å². The number of hydrogen-bond donors (Lipinski definition) is 0. The maximum atomic E-state index is 13.3. The largest absolute Gasteiger partial charge is 0.497 e. The molecule has 1 aliphatic heterocycles. The van der Waals surface area contributed by atoms with Crippen molar-refractivity contribution in [3.63, 3.8) is 0 Å². The van der Waals surface area contributed by atoms with Crippen LogP contribution in [0.4, 0.5) is 0 Å². The maximum absolute atomic E-state index is 13.3. The third kappa shape index (κ3) is 4.49. The molecular weight excluding hydrogens is 422 g/mol. The summed E-state index contributed by atoms with van der Waals surface area (Å²) >= 11 is 6.60. The number of benzene rings is 2. The zero-order chi connectivity index (χ0) is 21.7. The number of methoxy groups -OCH3 is 2. The number of carbonyl (C=O) groups is 2. The Morgan fingerprint density at radius 2 is 1.90 bits per heavy atom. The molecule has 1 fully saturated rings. The van der Waals surface area contributed by atoms with Crippen LogP contribution in [0.2, 0.25) is 0 Å². The van der Waals surface area contributed by atoms with Gasteiger partial charge in [-0.1, -0.05) is 54.3 Å². The van der Waals surface area contributed by atoms with Crippen LogP contribution < -0.4 is 9.47 Å². The minimum absolute atomic E-state index is 0.202. The molecule has 0 radical (unpaired) electrons. The van der Waals surface area contributed by atoms with Crippen molar-refractivity contribution in [2.75, 3.05) is 20.8 Å². The molecule has 156 valence electrons. The molecule has 3 rings (SSSR count). The number of nitrogens with zero attached hydrogens (tertiary/aromatic N) is 1. The van der Waals surface area contributed by atoms with E-state index >= 15 is 0 Å². The van der Waals surface area contributed by atoms with Gasteiger partial charge < -0.3 is 14.2 Å². The number of hydrogen-bond acceptors (Lipinski definition) is 7. The number of thiocarbonyl (C=S) groups is 1. The molecule has 6 nitrogen and oxygen atoms in total. The van der Waals surface area contributed by atoms with Crippen LogP contribution in [0.15, 0.2) is 53.4 Å². The van der Waals surface area contributed by atoms with Crippen LogP contribution in [0.25, 0.3) is 6.08 Å². The standard InChI is InChI=1S/C22H21NO5S2/c1-4-28-21(25)19(14-8-6-5-7-9-14)23-20(24)18(30-22(23)29)13-15-12-16(26-2)10-11-17(15)27-3/h5-13,19H,4H2,1-3H3/b18-13-. The Morgan fingerprint density at radius 3 is 2.53 bits per heavy atom. The molecule has 0 N–H and O–H groups in total. The zero-order valence-electron chi connectivity index (χ0n) is 16.8. The van der Waals surface area contributed by atoms with E-state index in [1.165, 1.54) is 4.90 Å². The van der Waals surface area contributed by atoms with Crippen molar-refractivity contribution < 1.29 is 23.8 Å². The summed E-state index contributed by atoms with van der Waals surface area (Å²) in [6, 6.07) is 13.3. The minimum atomic E-state index is -0.947. The van der Waals surface area contributed by atoms with Gasteiger partial charge in [-0.15, -0.1) is 0 Å². The number of thioether (sulfide) groups is 1. The molecule has 8 heteroatoms. The Morgan fingerprint density at radius 1 is 1.17 bits per heavy atom. The van der Waals surface area contributed by atoms with E-state index in [-0.39, 0.29) is 16.8 Å². The van der Waals surface area contributed by atoms with Gasteiger partial charge in [-0.05, 0) is 36.8 Å². The first-order valence-electron chi connectivity index (χ1n) is 9.20. The van der Waals surface area contributed by atoms with Crippen molar-refractivity contribution in [3.05, 3.63) is 64.6 Å². The zero-order valence-corrected chi connectivity index (χ0v) is 18.4. The summed E-state index contributed by atoms with van der Waals surface area (Å²) < 4.78 is 16.2. The van der Waals surface area contributed by atoms with Crippen LogP contribution >= 0.6 is 24.0 Å². The van der Waals surface area contributed by atoms with E-state index in [1.54, 1.807) is 69.7 Å². The third-order valence-corrected chi connectivity index (χ3v) is 5.76. The second-order valence-corrected chi connectivity index (χ2v) is 7.90. The fourth-order valence-corrected chi connectivity index (χ4v) is 4.35. The molecule has 1 atom stereocenters. The lowest BCUT2D eigenvalue weighted by Crippen LogP contribution is -2.38. The third-order valence-electron chi connectivity index (χ3n) is 4.43. The average Bonchev–Trinajstić information content (AvgIpc) is 3.02. The molecule has 2 aromatic rings. The maximum Gasteiger partial charge on any atom is 0.333 e. The van der Waals surface area contributed by atoms with E-state index < -0.39 is 12.0 Å². The predicted molar refractivity (Wildman–Crippen MR) is 120 cm³/mol. The number of amides is 1. The van der Waals surface area contributed by atoms with Gasteiger partial charge >= 0.3 is 5.97 Å². The number of rotatable bonds is 7. The number of esters is 1. The fourth-order valence-electron chi connectivity index (χ4n) is 3.04. The Balaban J connectivity index is 2.00. The van der Waals surface area contributed by atoms with E-state index in [0.717, 1.165) is 11.8 Å². The Kier molecular flexibility index (Phi) is 7.12. The second-order valence-electron chi connectivity index (χ2n) is 6.22. The second kappa shape index (κ2) is 9.77. The molecule has 1 heterocycles. The molecule has 0 spiro atoms. The summed E-state index contributed by atoms with van der Waals surface area (Å²) in [7, 11) is 3.12. The van der Waals surface area contributed by atoms with Crippen molar-refractivity contribution in [1.82, 2.24) is 4.90 Å². The lowest BCUT2D eigenvalue weighted by Gasteiger charge is -2.25. The SMILES string of the molecule is CCOC(=O)C(c1ccccc1)N1C(=O)/C(=C/c2cc(OC)ccc2OC)SC1=S. The van der Waals surface area contributed by atoms with E-state index in [4.69, 9.17) is 26.4 Å². The summed E-state index contributed by atoms with van der Waals surface area (Å²) in [5, 5.41) is 0. The van der Waals surface area contributed by atoms with Crippen LogP contribution in [0.5, 0.6) is 11.5 Å². The van der Waals surface area contributed by atoms with Gasteiger partial charge in [0.05, 0.1) is 25.7 Å². The van der Waals surface area contributed by atoms with Crippen molar-refractivity contribution in [2.24, 2.45) is 0 Å². The molecule has 1 unspecified atom stereocenters. The first-order valence-corrected chi connectivity index (χ1v) is 10.4. The highest BCUT2D eigenvalue weighted by Gasteiger charge is 2.42. The molecule has 0 saturated carbocycles. The minimum Gasteiger partial charge on any atom is -0.497 e. The topological polar surface area (TPSA) is 65.1 Å². The predicted octanol–water partition coefficient (Wildman–Crippen LogP) is 4.21. The smallest absolute Gasteiger partial charge is 0.333 e. The molecular formula is C22H21NO5S2. The van der Waals surface area contributed by atoms with Gasteiger partial charge in [0.1, 0.15) is 15.8 Å². The van der Waals surface area contributed by atoms with Crippen LogP contribution in [0.1, 0.15) is 24.1 Å². The van der Waals surface area contributed by atoms with Crippen LogP contribution in [-0.2, 0) is 14.3 Å². The van der Waals surface area contributed by atoms with Crippen molar-refractivity contribution in [3.8, 4) is 11.5 Å². The quantitative estimate of drug-likeness (QED) is 0.361. The van der Waals surface area contributed by atoms with Gasteiger partial charge in [-0.25, -0.2) is 4.79 Å². The summed E-state index contributed by atoms with van der Waals surface area (Å²) in [4.78, 5) is 27.7. The fraction of sp³-hybridized carbons (Fsp3) is 0.227. The highest BCUT2D eigenvalue weighted by Crippen LogP contribution is 2.40. The number of ether oxygens (including phenoxy) is 3. The molecule has 0 aromatic heterocycles. The van der Waals surface area contributed by atoms with Gasteiger partial charge in [-0.3, -0.25) is 9.69 Å². The summed E-state index contributed by atoms with van der Waals surface area (Å²) in [6.07, 6.45) is 1.69. The monoisotopic (exact) mass is 443 g/mol. The summed E-state index contributed by atoms with van der Waals surface area (Å²) in [6.45, 7) is 1.92. The van der Waals surface area contributed by atoms with Gasteiger partial charge in [0.2, 0.25) is 0 Å². The summed E-state index contributed by atoms with van der Waals surface area (Å²) in [5.41, 5.74) is 1.30. The first kappa shape index (κ1) is 21.9. The Labute approximate surface area is 184 Å². The van der Waals surface area contributed by atoms with Crippen LogP contribution in [0.3, 0.4) is 0 Å². The molecule has 0 aliphatic carbocycles. The average molecular weight is 444 g/mol. The molecule has 2 aromatic carbocycles. The van der Waals surface area contributed by atoms with E-state index in [9.17, 15) is 9.59 Å². The van der Waals surface area contributed by atoms with E-state index in [1.807, 2.05) is 6.07 Å². The lowest BCUT2D eigenvalue weighted by molar-refractivity contribution is -0.151. The number of carbonyl (C=O) groups excluding carboxylic acids is 2. The normalized spacial score (nSPS) is 16.0. The Bertz CT molecular complexity index is 990. The van der Waals surface area contributed by atoms with Gasteiger partial charge in [-0.2, -0.15) is 0 Å². The van der Waals surface area contributed by atoms with Crippen LogP contribution in [0, 0.1) is 0 Å². The first-order chi connectivity index (χ1) is 14.5. The summed E-state index contributed by atoms with van der Waals surface area (Å²) in [5.74, 6) is 0.328. The van der Waals surface area contributed by atoms with E-state index in [0.29, 0.717) is 27.5 Å². The van der Waals surface area contributed by atoms with Crippen LogP contribution in [-0.4, -0.2) is 41.9 Å². The molecule has 1 saturated heterocycles.